The molecule has 0 aliphatic rings. The molecule has 5 heteroatoms. The van der Waals surface area contributed by atoms with E-state index in [1.54, 1.807) is 4.90 Å². The van der Waals surface area contributed by atoms with Crippen molar-refractivity contribution in [2.24, 2.45) is 0 Å². The van der Waals surface area contributed by atoms with Crippen molar-refractivity contribution in [3.05, 3.63) is 30.3 Å². The first-order chi connectivity index (χ1) is 7.81. The van der Waals surface area contributed by atoms with E-state index in [0.29, 0.717) is 12.5 Å². The van der Waals surface area contributed by atoms with Crippen molar-refractivity contribution >= 4 is 5.95 Å². The van der Waals surface area contributed by atoms with E-state index in [1.807, 2.05) is 37.4 Å². The molecule has 0 radical (unpaired) electrons. The first-order valence-electron chi connectivity index (χ1n) is 5.11. The number of rotatable bonds is 4. The summed E-state index contributed by atoms with van der Waals surface area (Å²) in [6.07, 6.45) is 0. The van der Waals surface area contributed by atoms with Gasteiger partial charge in [-0.25, -0.2) is 0 Å². The number of aliphatic hydroxyl groups is 1. The first-order valence-corrected chi connectivity index (χ1v) is 5.11. The molecule has 1 heterocycles. The van der Waals surface area contributed by atoms with Crippen molar-refractivity contribution in [2.45, 2.75) is 0 Å². The van der Waals surface area contributed by atoms with E-state index in [0.717, 1.165) is 11.4 Å². The number of nitrogens with zero attached hydrogens (tertiary/aromatic N) is 3. The van der Waals surface area contributed by atoms with Gasteiger partial charge in [0, 0.05) is 19.2 Å². The van der Waals surface area contributed by atoms with E-state index in [4.69, 9.17) is 5.11 Å². The van der Waals surface area contributed by atoms with Crippen LogP contribution >= 0.6 is 0 Å². The van der Waals surface area contributed by atoms with Crippen LogP contribution in [0.4, 0.5) is 5.95 Å². The summed E-state index contributed by atoms with van der Waals surface area (Å²) in [6, 6.07) is 9.80. The van der Waals surface area contributed by atoms with Gasteiger partial charge in [0.1, 0.15) is 0 Å². The molecule has 0 saturated heterocycles. The predicted molar refractivity (Wildman–Crippen MR) is 62.2 cm³/mol. The van der Waals surface area contributed by atoms with Gasteiger partial charge >= 0.3 is 0 Å². The van der Waals surface area contributed by atoms with Gasteiger partial charge in [-0.1, -0.05) is 30.3 Å². The minimum atomic E-state index is 0.0890. The van der Waals surface area contributed by atoms with Gasteiger partial charge in [-0.2, -0.15) is 4.98 Å². The minimum Gasteiger partial charge on any atom is -0.395 e. The number of benzene rings is 1. The number of aromatic amines is 1. The van der Waals surface area contributed by atoms with Crippen molar-refractivity contribution in [1.82, 2.24) is 15.2 Å². The van der Waals surface area contributed by atoms with Crippen LogP contribution in [0.2, 0.25) is 0 Å². The summed E-state index contributed by atoms with van der Waals surface area (Å²) < 4.78 is 0. The molecule has 2 N–H and O–H groups in total. The molecule has 1 aromatic carbocycles. The van der Waals surface area contributed by atoms with Crippen molar-refractivity contribution in [3.63, 3.8) is 0 Å². The lowest BCUT2D eigenvalue weighted by molar-refractivity contribution is 0.303. The maximum atomic E-state index is 8.81. The van der Waals surface area contributed by atoms with Crippen LogP contribution in [0.15, 0.2) is 30.3 Å². The number of aromatic nitrogens is 3. The third kappa shape index (κ3) is 2.20. The van der Waals surface area contributed by atoms with E-state index < -0.39 is 0 Å². The molecule has 0 amide bonds. The van der Waals surface area contributed by atoms with Gasteiger partial charge in [0.15, 0.2) is 5.82 Å². The number of anilines is 1. The van der Waals surface area contributed by atoms with Gasteiger partial charge in [-0.3, -0.25) is 5.10 Å². The molecule has 0 unspecified atom stereocenters. The zero-order valence-corrected chi connectivity index (χ0v) is 9.09. The molecule has 0 spiro atoms. The van der Waals surface area contributed by atoms with Crippen molar-refractivity contribution in [3.8, 4) is 11.4 Å². The molecule has 2 aromatic rings. The van der Waals surface area contributed by atoms with Gasteiger partial charge in [-0.05, 0) is 0 Å². The fourth-order valence-corrected chi connectivity index (χ4v) is 1.40. The third-order valence-corrected chi connectivity index (χ3v) is 2.30. The Kier molecular flexibility index (Phi) is 3.16. The maximum absolute atomic E-state index is 8.81. The Morgan fingerprint density at radius 3 is 2.75 bits per heavy atom. The maximum Gasteiger partial charge on any atom is 0.244 e. The van der Waals surface area contributed by atoms with Gasteiger partial charge < -0.3 is 10.0 Å². The van der Waals surface area contributed by atoms with Crippen LogP contribution in [-0.2, 0) is 0 Å². The number of hydrogen-bond acceptors (Lipinski definition) is 4. The Balaban J connectivity index is 2.20. The van der Waals surface area contributed by atoms with Crippen molar-refractivity contribution in [2.75, 3.05) is 25.1 Å². The van der Waals surface area contributed by atoms with Gasteiger partial charge in [-0.15, -0.1) is 5.10 Å². The van der Waals surface area contributed by atoms with Crippen LogP contribution in [0.25, 0.3) is 11.4 Å². The van der Waals surface area contributed by atoms with E-state index in [9.17, 15) is 0 Å². The quantitative estimate of drug-likeness (QED) is 0.800. The number of hydrogen-bond donors (Lipinski definition) is 2. The van der Waals surface area contributed by atoms with E-state index >= 15 is 0 Å². The summed E-state index contributed by atoms with van der Waals surface area (Å²) in [5.41, 5.74) is 0.999. The van der Waals surface area contributed by atoms with E-state index in [2.05, 4.69) is 15.2 Å². The monoisotopic (exact) mass is 218 g/mol. The summed E-state index contributed by atoms with van der Waals surface area (Å²) in [5, 5.41) is 15.8. The molecule has 1 aromatic heterocycles. The highest BCUT2D eigenvalue weighted by atomic mass is 16.3. The molecule has 84 valence electrons. The highest BCUT2D eigenvalue weighted by Crippen LogP contribution is 2.15. The zero-order chi connectivity index (χ0) is 11.4. The molecular weight excluding hydrogens is 204 g/mol. The third-order valence-electron chi connectivity index (χ3n) is 2.30. The van der Waals surface area contributed by atoms with Gasteiger partial charge in [0.2, 0.25) is 5.95 Å². The van der Waals surface area contributed by atoms with Crippen LogP contribution in [0.3, 0.4) is 0 Å². The lowest BCUT2D eigenvalue weighted by atomic mass is 10.2. The van der Waals surface area contributed by atoms with Crippen LogP contribution in [-0.4, -0.2) is 40.5 Å². The summed E-state index contributed by atoms with van der Waals surface area (Å²) in [7, 11) is 1.84. The Morgan fingerprint density at radius 1 is 1.31 bits per heavy atom. The topological polar surface area (TPSA) is 65.0 Å². The Morgan fingerprint density at radius 2 is 2.06 bits per heavy atom. The lowest BCUT2D eigenvalue weighted by Crippen LogP contribution is -2.22. The second kappa shape index (κ2) is 4.76. The molecule has 0 aliphatic heterocycles. The molecule has 0 fully saturated rings. The summed E-state index contributed by atoms with van der Waals surface area (Å²) in [5.74, 6) is 1.33. The molecule has 5 nitrogen and oxygen atoms in total. The molecule has 16 heavy (non-hydrogen) atoms. The summed E-state index contributed by atoms with van der Waals surface area (Å²) >= 11 is 0. The summed E-state index contributed by atoms with van der Waals surface area (Å²) in [4.78, 5) is 6.14. The van der Waals surface area contributed by atoms with Crippen LogP contribution in [0.1, 0.15) is 0 Å². The van der Waals surface area contributed by atoms with Crippen LogP contribution in [0.5, 0.6) is 0 Å². The second-order valence-corrected chi connectivity index (χ2v) is 3.50. The van der Waals surface area contributed by atoms with Crippen molar-refractivity contribution < 1.29 is 5.11 Å². The molecular formula is C11H14N4O. The highest BCUT2D eigenvalue weighted by molar-refractivity contribution is 5.55. The lowest BCUT2D eigenvalue weighted by Gasteiger charge is -2.11. The molecule has 0 saturated carbocycles. The predicted octanol–water partition coefficient (Wildman–Crippen LogP) is 0.900. The zero-order valence-electron chi connectivity index (χ0n) is 9.09. The summed E-state index contributed by atoms with van der Waals surface area (Å²) in [6.45, 7) is 0.609. The highest BCUT2D eigenvalue weighted by Gasteiger charge is 2.08. The van der Waals surface area contributed by atoms with E-state index in [1.165, 1.54) is 0 Å². The number of nitrogens with one attached hydrogen (secondary N) is 1. The number of H-pyrrole nitrogens is 1. The average molecular weight is 218 g/mol. The number of aliphatic hydroxyl groups excluding tert-OH is 1. The molecule has 0 aliphatic carbocycles. The normalized spacial score (nSPS) is 10.4. The average Bonchev–Trinajstić information content (AvgIpc) is 2.80. The van der Waals surface area contributed by atoms with Gasteiger partial charge in [0.05, 0.1) is 6.61 Å². The Labute approximate surface area is 93.8 Å². The van der Waals surface area contributed by atoms with Gasteiger partial charge in [0.25, 0.3) is 0 Å². The fourth-order valence-electron chi connectivity index (χ4n) is 1.40. The van der Waals surface area contributed by atoms with Crippen molar-refractivity contribution in [1.29, 1.82) is 0 Å². The smallest absolute Gasteiger partial charge is 0.244 e. The first kappa shape index (κ1) is 10.6. The Hall–Kier alpha value is -1.88. The van der Waals surface area contributed by atoms with Crippen LogP contribution in [0, 0.1) is 0 Å². The van der Waals surface area contributed by atoms with Crippen LogP contribution < -0.4 is 4.90 Å². The minimum absolute atomic E-state index is 0.0890. The number of likely N-dealkylation sites (N-methyl/N-ethyl adjacent to an activating group) is 1. The van der Waals surface area contributed by atoms with E-state index in [-0.39, 0.29) is 6.61 Å². The molecule has 0 atom stereocenters. The molecule has 0 bridgehead atoms. The standard InChI is InChI=1S/C11H14N4O/c1-15(7-8-16)11-12-10(13-14-11)9-5-3-2-4-6-9/h2-6,16H,7-8H2,1H3,(H,12,13,14). The SMILES string of the molecule is CN(CCO)c1n[nH]c(-c2ccccc2)n1. The molecule has 2 rings (SSSR count). The fraction of sp³-hybridized carbons (Fsp3) is 0.273. The second-order valence-electron chi connectivity index (χ2n) is 3.50. The Bertz CT molecular complexity index is 440. The largest absolute Gasteiger partial charge is 0.395 e.